The fourth-order valence-corrected chi connectivity index (χ4v) is 2.79. The molecule has 1 aromatic rings. The van der Waals surface area contributed by atoms with Gasteiger partial charge in [0.25, 0.3) is 0 Å². The van der Waals surface area contributed by atoms with Crippen LogP contribution in [0.4, 0.5) is 4.39 Å². The lowest BCUT2D eigenvalue weighted by molar-refractivity contribution is -0.123. The number of hydrogen-bond acceptors (Lipinski definition) is 2. The molecule has 1 aliphatic rings. The molecule has 19 heavy (non-hydrogen) atoms. The SMILES string of the molecule is Cc1ccc(F)cc1CN[C@H]1CCCC[C@@H]1C(N)=O. The molecule has 1 saturated carbocycles. The van der Waals surface area contributed by atoms with Gasteiger partial charge in [-0.2, -0.15) is 0 Å². The topological polar surface area (TPSA) is 55.1 Å². The molecule has 2 atom stereocenters. The van der Waals surface area contributed by atoms with E-state index in [4.69, 9.17) is 5.73 Å². The first-order valence-corrected chi connectivity index (χ1v) is 6.85. The summed E-state index contributed by atoms with van der Waals surface area (Å²) in [6, 6.07) is 4.91. The molecule has 0 radical (unpaired) electrons. The van der Waals surface area contributed by atoms with Gasteiger partial charge in [0.1, 0.15) is 5.82 Å². The third kappa shape index (κ3) is 3.53. The van der Waals surface area contributed by atoms with Gasteiger partial charge in [-0.05, 0) is 43.0 Å². The zero-order chi connectivity index (χ0) is 13.8. The minimum atomic E-state index is -0.229. The molecule has 0 saturated heterocycles. The smallest absolute Gasteiger partial charge is 0.222 e. The number of nitrogens with one attached hydrogen (secondary N) is 1. The van der Waals surface area contributed by atoms with Gasteiger partial charge in [-0.25, -0.2) is 4.39 Å². The number of carbonyl (C=O) groups is 1. The van der Waals surface area contributed by atoms with E-state index < -0.39 is 0 Å². The van der Waals surface area contributed by atoms with Crippen LogP contribution in [0, 0.1) is 18.7 Å². The Morgan fingerprint density at radius 1 is 1.42 bits per heavy atom. The fraction of sp³-hybridized carbons (Fsp3) is 0.533. The van der Waals surface area contributed by atoms with E-state index in [1.807, 2.05) is 6.92 Å². The standard InChI is InChI=1S/C15H21FN2O/c1-10-6-7-12(16)8-11(10)9-18-14-5-3-2-4-13(14)15(17)19/h6-8,13-14,18H,2-5,9H2,1H3,(H2,17,19)/t13-,14-/m0/s1. The van der Waals surface area contributed by atoms with Crippen molar-refractivity contribution in [3.8, 4) is 0 Å². The highest BCUT2D eigenvalue weighted by molar-refractivity contribution is 5.77. The van der Waals surface area contributed by atoms with Crippen LogP contribution in [0.15, 0.2) is 18.2 Å². The summed E-state index contributed by atoms with van der Waals surface area (Å²) in [7, 11) is 0. The zero-order valence-corrected chi connectivity index (χ0v) is 11.3. The number of carbonyl (C=O) groups excluding carboxylic acids is 1. The summed E-state index contributed by atoms with van der Waals surface area (Å²) in [5.74, 6) is -0.548. The van der Waals surface area contributed by atoms with Gasteiger partial charge in [0.05, 0.1) is 5.92 Å². The van der Waals surface area contributed by atoms with Crippen molar-refractivity contribution in [1.82, 2.24) is 5.32 Å². The highest BCUT2D eigenvalue weighted by atomic mass is 19.1. The molecule has 0 aliphatic heterocycles. The van der Waals surface area contributed by atoms with Crippen molar-refractivity contribution in [3.63, 3.8) is 0 Å². The van der Waals surface area contributed by atoms with Crippen LogP contribution in [-0.4, -0.2) is 11.9 Å². The van der Waals surface area contributed by atoms with Gasteiger partial charge >= 0.3 is 0 Å². The summed E-state index contributed by atoms with van der Waals surface area (Å²) in [5, 5.41) is 3.37. The first kappa shape index (κ1) is 14.0. The Morgan fingerprint density at radius 3 is 2.89 bits per heavy atom. The Bertz CT molecular complexity index is 461. The molecule has 4 heteroatoms. The zero-order valence-electron chi connectivity index (χ0n) is 11.3. The first-order chi connectivity index (χ1) is 9.08. The van der Waals surface area contributed by atoms with Crippen molar-refractivity contribution in [1.29, 1.82) is 0 Å². The number of nitrogens with two attached hydrogens (primary N) is 1. The number of halogens is 1. The maximum atomic E-state index is 13.2. The summed E-state index contributed by atoms with van der Waals surface area (Å²) in [6.07, 6.45) is 3.99. The van der Waals surface area contributed by atoms with Crippen LogP contribution in [-0.2, 0) is 11.3 Å². The van der Waals surface area contributed by atoms with E-state index in [2.05, 4.69) is 5.32 Å². The van der Waals surface area contributed by atoms with Crippen molar-refractivity contribution in [3.05, 3.63) is 35.1 Å². The Balaban J connectivity index is 2.00. The van der Waals surface area contributed by atoms with E-state index in [-0.39, 0.29) is 23.7 Å². The summed E-state index contributed by atoms with van der Waals surface area (Å²) < 4.78 is 13.2. The van der Waals surface area contributed by atoms with Gasteiger partial charge in [-0.1, -0.05) is 18.9 Å². The van der Waals surface area contributed by atoms with Crippen LogP contribution in [0.25, 0.3) is 0 Å². The van der Waals surface area contributed by atoms with Crippen molar-refractivity contribution >= 4 is 5.91 Å². The van der Waals surface area contributed by atoms with Gasteiger partial charge in [-0.15, -0.1) is 0 Å². The van der Waals surface area contributed by atoms with E-state index >= 15 is 0 Å². The summed E-state index contributed by atoms with van der Waals surface area (Å²) in [5.41, 5.74) is 7.44. The molecule has 0 aromatic heterocycles. The Labute approximate surface area is 113 Å². The number of benzene rings is 1. The van der Waals surface area contributed by atoms with E-state index in [9.17, 15) is 9.18 Å². The Hall–Kier alpha value is -1.42. The maximum absolute atomic E-state index is 13.2. The lowest BCUT2D eigenvalue weighted by atomic mass is 9.84. The van der Waals surface area contributed by atoms with Gasteiger partial charge in [-0.3, -0.25) is 4.79 Å². The van der Waals surface area contributed by atoms with Gasteiger partial charge in [0.2, 0.25) is 5.91 Å². The van der Waals surface area contributed by atoms with Crippen molar-refractivity contribution in [2.75, 3.05) is 0 Å². The molecule has 2 rings (SSSR count). The lowest BCUT2D eigenvalue weighted by Crippen LogP contribution is -2.44. The van der Waals surface area contributed by atoms with Crippen LogP contribution in [0.2, 0.25) is 0 Å². The third-order valence-corrected chi connectivity index (χ3v) is 4.00. The Morgan fingerprint density at radius 2 is 2.16 bits per heavy atom. The van der Waals surface area contributed by atoms with Gasteiger partial charge in [0.15, 0.2) is 0 Å². The van der Waals surface area contributed by atoms with Crippen LogP contribution >= 0.6 is 0 Å². The molecular weight excluding hydrogens is 243 g/mol. The number of aryl methyl sites for hydroxylation is 1. The second-order valence-corrected chi connectivity index (χ2v) is 5.35. The largest absolute Gasteiger partial charge is 0.369 e. The summed E-state index contributed by atoms with van der Waals surface area (Å²) in [6.45, 7) is 2.54. The number of amides is 1. The van der Waals surface area contributed by atoms with E-state index in [0.29, 0.717) is 6.54 Å². The summed E-state index contributed by atoms with van der Waals surface area (Å²) >= 11 is 0. The molecular formula is C15H21FN2O. The number of rotatable bonds is 4. The number of hydrogen-bond donors (Lipinski definition) is 2. The third-order valence-electron chi connectivity index (χ3n) is 4.00. The van der Waals surface area contributed by atoms with Gasteiger partial charge in [0, 0.05) is 12.6 Å². The van der Waals surface area contributed by atoms with Crippen LogP contribution in [0.3, 0.4) is 0 Å². The minimum absolute atomic E-state index is 0.0948. The second-order valence-electron chi connectivity index (χ2n) is 5.35. The van der Waals surface area contributed by atoms with Crippen molar-refractivity contribution < 1.29 is 9.18 Å². The average molecular weight is 264 g/mol. The minimum Gasteiger partial charge on any atom is -0.369 e. The monoisotopic (exact) mass is 264 g/mol. The molecule has 104 valence electrons. The molecule has 3 N–H and O–H groups in total. The summed E-state index contributed by atoms with van der Waals surface area (Å²) in [4.78, 5) is 11.4. The molecule has 1 amide bonds. The average Bonchev–Trinajstić information content (AvgIpc) is 2.40. The molecule has 0 bridgehead atoms. The van der Waals surface area contributed by atoms with E-state index in [1.165, 1.54) is 6.07 Å². The van der Waals surface area contributed by atoms with E-state index in [0.717, 1.165) is 36.8 Å². The lowest BCUT2D eigenvalue weighted by Gasteiger charge is -2.30. The van der Waals surface area contributed by atoms with Crippen molar-refractivity contribution in [2.45, 2.75) is 45.2 Å². The number of primary amides is 1. The Kier molecular flexibility index (Phi) is 4.53. The van der Waals surface area contributed by atoms with Crippen LogP contribution < -0.4 is 11.1 Å². The quantitative estimate of drug-likeness (QED) is 0.876. The predicted molar refractivity (Wildman–Crippen MR) is 72.9 cm³/mol. The molecule has 1 aliphatic carbocycles. The second kappa shape index (κ2) is 6.15. The van der Waals surface area contributed by atoms with Crippen molar-refractivity contribution in [2.24, 2.45) is 11.7 Å². The fourth-order valence-electron chi connectivity index (χ4n) is 2.79. The normalized spacial score (nSPS) is 23.3. The highest BCUT2D eigenvalue weighted by Gasteiger charge is 2.28. The predicted octanol–water partition coefficient (Wildman–Crippen LogP) is 2.27. The maximum Gasteiger partial charge on any atom is 0.222 e. The van der Waals surface area contributed by atoms with Crippen LogP contribution in [0.1, 0.15) is 36.8 Å². The van der Waals surface area contributed by atoms with Crippen LogP contribution in [0.5, 0.6) is 0 Å². The molecule has 0 spiro atoms. The molecule has 1 aromatic carbocycles. The molecule has 0 unspecified atom stereocenters. The molecule has 3 nitrogen and oxygen atoms in total. The molecule has 1 fully saturated rings. The molecule has 0 heterocycles. The highest BCUT2D eigenvalue weighted by Crippen LogP contribution is 2.24. The van der Waals surface area contributed by atoms with Gasteiger partial charge < -0.3 is 11.1 Å². The first-order valence-electron chi connectivity index (χ1n) is 6.85. The van der Waals surface area contributed by atoms with E-state index in [1.54, 1.807) is 12.1 Å².